The van der Waals surface area contributed by atoms with Crippen LogP contribution < -0.4 is 5.32 Å². The summed E-state index contributed by atoms with van der Waals surface area (Å²) in [6.07, 6.45) is 3.30. The molecule has 0 radical (unpaired) electrons. The van der Waals surface area contributed by atoms with Gasteiger partial charge < -0.3 is 10.2 Å². The highest BCUT2D eigenvalue weighted by Gasteiger charge is 2.38. The molecule has 2 fully saturated rings. The minimum Gasteiger partial charge on any atom is -0.331 e. The quantitative estimate of drug-likeness (QED) is 0.879. The molecule has 0 saturated carbocycles. The number of aromatic nitrogens is 1. The Morgan fingerprint density at radius 2 is 2.05 bits per heavy atom. The molecule has 1 N–H and O–H groups in total. The number of nitrogens with one attached hydrogen (secondary N) is 1. The molecule has 0 aliphatic carbocycles. The maximum Gasteiger partial charge on any atom is 0.256 e. The first-order valence-corrected chi connectivity index (χ1v) is 8.14. The van der Waals surface area contributed by atoms with E-state index in [0.29, 0.717) is 12.1 Å². The van der Waals surface area contributed by atoms with Crippen molar-refractivity contribution in [3.63, 3.8) is 0 Å². The summed E-state index contributed by atoms with van der Waals surface area (Å²) in [5, 5.41) is 4.49. The van der Waals surface area contributed by atoms with Crippen LogP contribution in [-0.4, -0.2) is 41.0 Å². The number of hydrogen-bond acceptors (Lipinski definition) is 3. The highest BCUT2D eigenvalue weighted by Crippen LogP contribution is 2.31. The van der Waals surface area contributed by atoms with Crippen LogP contribution in [0.15, 0.2) is 30.3 Å². The summed E-state index contributed by atoms with van der Waals surface area (Å²) in [5.41, 5.74) is 2.54. The van der Waals surface area contributed by atoms with Crippen molar-refractivity contribution in [3.8, 4) is 0 Å². The van der Waals surface area contributed by atoms with Gasteiger partial charge in [-0.25, -0.2) is 0 Å². The predicted octanol–water partition coefficient (Wildman–Crippen LogP) is 2.51. The average molecular weight is 295 g/mol. The van der Waals surface area contributed by atoms with Gasteiger partial charge in [0, 0.05) is 29.7 Å². The molecule has 3 heterocycles. The van der Waals surface area contributed by atoms with E-state index < -0.39 is 0 Å². The molecule has 2 aromatic rings. The number of fused-ring (bicyclic) bond motifs is 3. The van der Waals surface area contributed by atoms with Crippen molar-refractivity contribution in [2.24, 2.45) is 0 Å². The summed E-state index contributed by atoms with van der Waals surface area (Å²) in [6.45, 7) is 3.90. The molecule has 2 aliphatic heterocycles. The first-order chi connectivity index (χ1) is 10.7. The number of aryl methyl sites for hydroxylation is 1. The molecule has 22 heavy (non-hydrogen) atoms. The molecular formula is C18H21N3O. The van der Waals surface area contributed by atoms with Crippen molar-refractivity contribution in [3.05, 3.63) is 41.6 Å². The van der Waals surface area contributed by atoms with E-state index in [1.165, 1.54) is 0 Å². The predicted molar refractivity (Wildman–Crippen MR) is 86.9 cm³/mol. The molecule has 1 aromatic heterocycles. The minimum absolute atomic E-state index is 0.153. The minimum atomic E-state index is 0.153. The van der Waals surface area contributed by atoms with E-state index in [4.69, 9.17) is 0 Å². The molecule has 2 saturated heterocycles. The van der Waals surface area contributed by atoms with Crippen LogP contribution in [0.2, 0.25) is 0 Å². The number of carbonyl (C=O) groups is 1. The third-order valence-corrected chi connectivity index (χ3v) is 4.98. The topological polar surface area (TPSA) is 45.2 Å². The Morgan fingerprint density at radius 3 is 2.95 bits per heavy atom. The molecule has 2 unspecified atom stereocenters. The lowest BCUT2D eigenvalue weighted by atomic mass is 10.1. The van der Waals surface area contributed by atoms with Gasteiger partial charge in [0.05, 0.1) is 11.1 Å². The SMILES string of the molecule is Cc1ccc2cccc(C(=O)N3C4CCNCC3CC4)c2n1. The molecule has 0 spiro atoms. The molecule has 4 rings (SSSR count). The van der Waals surface area contributed by atoms with Gasteiger partial charge in [0.2, 0.25) is 0 Å². The monoisotopic (exact) mass is 295 g/mol. The lowest BCUT2D eigenvalue weighted by molar-refractivity contribution is 0.0682. The van der Waals surface area contributed by atoms with Crippen molar-refractivity contribution in [1.82, 2.24) is 15.2 Å². The maximum atomic E-state index is 13.2. The summed E-state index contributed by atoms with van der Waals surface area (Å²) in [4.78, 5) is 19.9. The largest absolute Gasteiger partial charge is 0.331 e. The van der Waals surface area contributed by atoms with Gasteiger partial charge in [-0.1, -0.05) is 18.2 Å². The van der Waals surface area contributed by atoms with Gasteiger partial charge in [0.25, 0.3) is 5.91 Å². The fourth-order valence-electron chi connectivity index (χ4n) is 3.87. The van der Waals surface area contributed by atoms with E-state index in [-0.39, 0.29) is 5.91 Å². The zero-order chi connectivity index (χ0) is 15.1. The van der Waals surface area contributed by atoms with E-state index in [1.807, 2.05) is 37.3 Å². The van der Waals surface area contributed by atoms with Crippen molar-refractivity contribution < 1.29 is 4.79 Å². The van der Waals surface area contributed by atoms with Gasteiger partial charge in [-0.05, 0) is 44.9 Å². The van der Waals surface area contributed by atoms with Crippen molar-refractivity contribution in [1.29, 1.82) is 0 Å². The molecule has 2 aliphatic rings. The summed E-state index contributed by atoms with van der Waals surface area (Å²) in [6, 6.07) is 10.7. The van der Waals surface area contributed by atoms with Gasteiger partial charge in [0.1, 0.15) is 0 Å². The van der Waals surface area contributed by atoms with Gasteiger partial charge in [-0.15, -0.1) is 0 Å². The smallest absolute Gasteiger partial charge is 0.256 e. The number of rotatable bonds is 1. The maximum absolute atomic E-state index is 13.2. The van der Waals surface area contributed by atoms with Crippen LogP contribution in [-0.2, 0) is 0 Å². The molecule has 1 aromatic carbocycles. The van der Waals surface area contributed by atoms with Crippen LogP contribution in [0.3, 0.4) is 0 Å². The van der Waals surface area contributed by atoms with Crippen molar-refractivity contribution in [2.45, 2.75) is 38.3 Å². The molecule has 114 valence electrons. The number of hydrogen-bond donors (Lipinski definition) is 1. The molecule has 2 bridgehead atoms. The van der Waals surface area contributed by atoms with Gasteiger partial charge in [-0.2, -0.15) is 0 Å². The molecule has 2 atom stereocenters. The summed E-state index contributed by atoms with van der Waals surface area (Å²) >= 11 is 0. The first kappa shape index (κ1) is 13.7. The van der Waals surface area contributed by atoms with E-state index in [2.05, 4.69) is 15.2 Å². The van der Waals surface area contributed by atoms with Crippen molar-refractivity contribution >= 4 is 16.8 Å². The normalized spacial score (nSPS) is 24.5. The van der Waals surface area contributed by atoms with Crippen LogP contribution in [0, 0.1) is 6.92 Å². The second-order valence-corrected chi connectivity index (χ2v) is 6.42. The summed E-state index contributed by atoms with van der Waals surface area (Å²) < 4.78 is 0. The van der Waals surface area contributed by atoms with E-state index in [9.17, 15) is 4.79 Å². The third kappa shape index (κ3) is 2.18. The van der Waals surface area contributed by atoms with E-state index in [0.717, 1.165) is 54.5 Å². The highest BCUT2D eigenvalue weighted by molar-refractivity contribution is 6.05. The number of benzene rings is 1. The summed E-state index contributed by atoms with van der Waals surface area (Å²) in [5.74, 6) is 0.153. The molecule has 4 heteroatoms. The van der Waals surface area contributed by atoms with E-state index >= 15 is 0 Å². The van der Waals surface area contributed by atoms with Crippen LogP contribution >= 0.6 is 0 Å². The number of amides is 1. The van der Waals surface area contributed by atoms with Crippen LogP contribution in [0.5, 0.6) is 0 Å². The fraction of sp³-hybridized carbons (Fsp3) is 0.444. The average Bonchev–Trinajstić information content (AvgIpc) is 2.79. The fourth-order valence-corrected chi connectivity index (χ4v) is 3.87. The van der Waals surface area contributed by atoms with Gasteiger partial charge in [0.15, 0.2) is 0 Å². The Hall–Kier alpha value is -1.94. The Bertz CT molecular complexity index is 713. The zero-order valence-electron chi connectivity index (χ0n) is 12.9. The molecule has 4 nitrogen and oxygen atoms in total. The number of para-hydroxylation sites is 1. The lowest BCUT2D eigenvalue weighted by Crippen LogP contribution is -2.42. The van der Waals surface area contributed by atoms with E-state index in [1.54, 1.807) is 0 Å². The lowest BCUT2D eigenvalue weighted by Gasteiger charge is -2.28. The van der Waals surface area contributed by atoms with Crippen LogP contribution in [0.1, 0.15) is 35.3 Å². The number of pyridine rings is 1. The Balaban J connectivity index is 1.78. The summed E-state index contributed by atoms with van der Waals surface area (Å²) in [7, 11) is 0. The van der Waals surface area contributed by atoms with Gasteiger partial charge in [-0.3, -0.25) is 9.78 Å². The Kier molecular flexibility index (Phi) is 3.34. The Labute approximate surface area is 130 Å². The first-order valence-electron chi connectivity index (χ1n) is 8.14. The number of carbonyl (C=O) groups excluding carboxylic acids is 1. The zero-order valence-corrected chi connectivity index (χ0v) is 12.9. The molecular weight excluding hydrogens is 274 g/mol. The standard InChI is InChI=1S/C18H21N3O/c1-12-5-6-13-3-2-4-16(17(13)20-12)18(22)21-14-7-8-15(21)11-19-10-9-14/h2-6,14-15,19H,7-11H2,1H3. The second-order valence-electron chi connectivity index (χ2n) is 6.42. The highest BCUT2D eigenvalue weighted by atomic mass is 16.2. The van der Waals surface area contributed by atoms with Crippen LogP contribution in [0.25, 0.3) is 10.9 Å². The third-order valence-electron chi connectivity index (χ3n) is 4.98. The van der Waals surface area contributed by atoms with Gasteiger partial charge >= 0.3 is 0 Å². The molecule has 1 amide bonds. The number of nitrogens with zero attached hydrogens (tertiary/aromatic N) is 2. The van der Waals surface area contributed by atoms with Crippen molar-refractivity contribution in [2.75, 3.05) is 13.1 Å². The van der Waals surface area contributed by atoms with Crippen LogP contribution in [0.4, 0.5) is 0 Å². The second kappa shape index (κ2) is 5.36. The Morgan fingerprint density at radius 1 is 1.18 bits per heavy atom.